The van der Waals surface area contributed by atoms with E-state index in [1.54, 1.807) is 30.8 Å². The number of aliphatic hydroxyl groups is 1. The molecule has 0 aliphatic heterocycles. The van der Waals surface area contributed by atoms with Crippen molar-refractivity contribution in [2.24, 2.45) is 0 Å². The molecule has 2 aromatic rings. The van der Waals surface area contributed by atoms with Crippen LogP contribution in [0.2, 0.25) is 5.02 Å². The molecular formula is C11H13ClN2O2. The fourth-order valence-electron chi connectivity index (χ4n) is 1.67. The van der Waals surface area contributed by atoms with Gasteiger partial charge in [-0.2, -0.15) is 5.10 Å². The molecular weight excluding hydrogens is 228 g/mol. The van der Waals surface area contributed by atoms with E-state index in [-0.39, 0.29) is 0 Å². The second-order valence-corrected chi connectivity index (χ2v) is 4.14. The number of aromatic nitrogens is 2. The number of fused-ring (bicyclic) bond motifs is 1. The van der Waals surface area contributed by atoms with E-state index in [4.69, 9.17) is 16.3 Å². The molecule has 0 saturated carbocycles. The third-order valence-electron chi connectivity index (χ3n) is 2.28. The van der Waals surface area contributed by atoms with Gasteiger partial charge in [-0.25, -0.2) is 4.68 Å². The maximum Gasteiger partial charge on any atom is 0.219 e. The predicted octanol–water partition coefficient (Wildman–Crippen LogP) is 2.08. The Balaban J connectivity index is 2.56. The van der Waals surface area contributed by atoms with Crippen molar-refractivity contribution in [2.75, 3.05) is 7.11 Å². The summed E-state index contributed by atoms with van der Waals surface area (Å²) < 4.78 is 6.93. The number of nitrogens with zero attached hydrogens (tertiary/aromatic N) is 2. The minimum atomic E-state index is -0.473. The van der Waals surface area contributed by atoms with Crippen LogP contribution >= 0.6 is 11.6 Å². The first-order chi connectivity index (χ1) is 7.61. The molecule has 5 heteroatoms. The lowest BCUT2D eigenvalue weighted by Crippen LogP contribution is -2.13. The number of ether oxygens (including phenoxy) is 1. The van der Waals surface area contributed by atoms with E-state index in [0.29, 0.717) is 17.4 Å². The van der Waals surface area contributed by atoms with Gasteiger partial charge in [-0.3, -0.25) is 0 Å². The Morgan fingerprint density at radius 1 is 1.56 bits per heavy atom. The average Bonchev–Trinajstić information content (AvgIpc) is 2.52. The van der Waals surface area contributed by atoms with Crippen molar-refractivity contribution in [1.82, 2.24) is 9.78 Å². The molecule has 16 heavy (non-hydrogen) atoms. The van der Waals surface area contributed by atoms with Crippen molar-refractivity contribution >= 4 is 22.5 Å². The lowest BCUT2D eigenvalue weighted by molar-refractivity contribution is 0.163. The Bertz CT molecular complexity index is 508. The lowest BCUT2D eigenvalue weighted by Gasteiger charge is -2.07. The van der Waals surface area contributed by atoms with E-state index in [9.17, 15) is 5.11 Å². The van der Waals surface area contributed by atoms with Crippen molar-refractivity contribution in [3.8, 4) is 5.88 Å². The van der Waals surface area contributed by atoms with Crippen molar-refractivity contribution in [3.63, 3.8) is 0 Å². The maximum atomic E-state index is 9.36. The maximum absolute atomic E-state index is 9.36. The molecule has 2 rings (SSSR count). The van der Waals surface area contributed by atoms with Gasteiger partial charge >= 0.3 is 0 Å². The van der Waals surface area contributed by atoms with Gasteiger partial charge in [0, 0.05) is 5.02 Å². The second-order valence-electron chi connectivity index (χ2n) is 3.70. The smallest absolute Gasteiger partial charge is 0.219 e. The van der Waals surface area contributed by atoms with Crippen LogP contribution in [0, 0.1) is 0 Å². The molecule has 0 amide bonds. The number of hydrogen-bond acceptors (Lipinski definition) is 3. The second kappa shape index (κ2) is 4.31. The lowest BCUT2D eigenvalue weighted by atomic mass is 10.2. The quantitative estimate of drug-likeness (QED) is 0.894. The van der Waals surface area contributed by atoms with Crippen LogP contribution in [-0.2, 0) is 6.54 Å². The number of aliphatic hydroxyl groups excluding tert-OH is 1. The SMILES string of the molecule is COc1c2ccc(Cl)cc2nn1C[C@H](C)O. The van der Waals surface area contributed by atoms with Gasteiger partial charge in [0.25, 0.3) is 0 Å². The summed E-state index contributed by atoms with van der Waals surface area (Å²) in [6, 6.07) is 5.43. The van der Waals surface area contributed by atoms with E-state index >= 15 is 0 Å². The number of halogens is 1. The molecule has 0 saturated heterocycles. The third-order valence-corrected chi connectivity index (χ3v) is 2.52. The topological polar surface area (TPSA) is 47.3 Å². The Kier molecular flexibility index (Phi) is 3.03. The summed E-state index contributed by atoms with van der Waals surface area (Å²) in [6.45, 7) is 2.11. The Labute approximate surface area is 98.4 Å². The summed E-state index contributed by atoms with van der Waals surface area (Å²) in [5.74, 6) is 0.646. The summed E-state index contributed by atoms with van der Waals surface area (Å²) in [6.07, 6.45) is -0.473. The van der Waals surface area contributed by atoms with Crippen LogP contribution in [-0.4, -0.2) is 28.1 Å². The van der Waals surface area contributed by atoms with Crippen LogP contribution in [0.15, 0.2) is 18.2 Å². The molecule has 0 spiro atoms. The highest BCUT2D eigenvalue weighted by Gasteiger charge is 2.13. The Hall–Kier alpha value is -1.26. The zero-order valence-electron chi connectivity index (χ0n) is 9.14. The Morgan fingerprint density at radius 3 is 2.94 bits per heavy atom. The van der Waals surface area contributed by atoms with Gasteiger partial charge in [0.05, 0.1) is 30.7 Å². The molecule has 1 aromatic carbocycles. The van der Waals surface area contributed by atoms with E-state index in [0.717, 1.165) is 10.9 Å². The monoisotopic (exact) mass is 240 g/mol. The van der Waals surface area contributed by atoms with Gasteiger partial charge in [0.2, 0.25) is 5.88 Å². The summed E-state index contributed by atoms with van der Waals surface area (Å²) in [5, 5.41) is 15.2. The molecule has 0 unspecified atom stereocenters. The molecule has 1 atom stereocenters. The number of benzene rings is 1. The van der Waals surface area contributed by atoms with Crippen molar-refractivity contribution in [2.45, 2.75) is 19.6 Å². The normalized spacial score (nSPS) is 13.0. The van der Waals surface area contributed by atoms with Gasteiger partial charge < -0.3 is 9.84 Å². The van der Waals surface area contributed by atoms with E-state index < -0.39 is 6.10 Å². The fourth-order valence-corrected chi connectivity index (χ4v) is 1.84. The molecule has 1 N–H and O–H groups in total. The van der Waals surface area contributed by atoms with Crippen LogP contribution in [0.25, 0.3) is 10.9 Å². The van der Waals surface area contributed by atoms with E-state index in [2.05, 4.69) is 5.10 Å². The molecule has 1 aromatic heterocycles. The van der Waals surface area contributed by atoms with Crippen LogP contribution < -0.4 is 4.74 Å². The first kappa shape index (κ1) is 11.2. The minimum absolute atomic E-state index is 0.398. The van der Waals surface area contributed by atoms with Crippen LogP contribution in [0.3, 0.4) is 0 Å². The molecule has 0 aliphatic carbocycles. The first-order valence-electron chi connectivity index (χ1n) is 5.00. The van der Waals surface area contributed by atoms with Gasteiger partial charge in [-0.15, -0.1) is 0 Å². The first-order valence-corrected chi connectivity index (χ1v) is 5.37. The minimum Gasteiger partial charge on any atom is -0.481 e. The van der Waals surface area contributed by atoms with Crippen LogP contribution in [0.5, 0.6) is 5.88 Å². The van der Waals surface area contributed by atoms with E-state index in [1.807, 2.05) is 6.07 Å². The van der Waals surface area contributed by atoms with Crippen LogP contribution in [0.4, 0.5) is 0 Å². The highest BCUT2D eigenvalue weighted by atomic mass is 35.5. The van der Waals surface area contributed by atoms with Gasteiger partial charge in [0.15, 0.2) is 0 Å². The van der Waals surface area contributed by atoms with Crippen molar-refractivity contribution < 1.29 is 9.84 Å². The van der Waals surface area contributed by atoms with Gasteiger partial charge in [-0.05, 0) is 25.1 Å². The third kappa shape index (κ3) is 1.99. The standard InChI is InChI=1S/C11H13ClN2O2/c1-7(15)6-14-11(16-2)9-4-3-8(12)5-10(9)13-14/h3-5,7,15H,6H2,1-2H3/t7-/m0/s1. The highest BCUT2D eigenvalue weighted by molar-refractivity contribution is 6.31. The van der Waals surface area contributed by atoms with Gasteiger partial charge in [-0.1, -0.05) is 11.6 Å². The molecule has 0 aliphatic rings. The summed E-state index contributed by atoms with van der Waals surface area (Å²) >= 11 is 5.89. The number of methoxy groups -OCH3 is 1. The molecule has 0 bridgehead atoms. The zero-order valence-corrected chi connectivity index (χ0v) is 9.90. The van der Waals surface area contributed by atoms with Gasteiger partial charge in [0.1, 0.15) is 0 Å². The fraction of sp³-hybridized carbons (Fsp3) is 0.364. The molecule has 4 nitrogen and oxygen atoms in total. The Morgan fingerprint density at radius 2 is 2.31 bits per heavy atom. The largest absolute Gasteiger partial charge is 0.481 e. The van der Waals surface area contributed by atoms with Crippen LogP contribution in [0.1, 0.15) is 6.92 Å². The van der Waals surface area contributed by atoms with Crippen molar-refractivity contribution in [3.05, 3.63) is 23.2 Å². The number of hydrogen-bond donors (Lipinski definition) is 1. The van der Waals surface area contributed by atoms with Crippen molar-refractivity contribution in [1.29, 1.82) is 0 Å². The average molecular weight is 241 g/mol. The molecule has 1 heterocycles. The number of rotatable bonds is 3. The predicted molar refractivity (Wildman–Crippen MR) is 63.0 cm³/mol. The summed E-state index contributed by atoms with van der Waals surface area (Å²) in [7, 11) is 1.59. The summed E-state index contributed by atoms with van der Waals surface area (Å²) in [5.41, 5.74) is 0.769. The molecule has 86 valence electrons. The highest BCUT2D eigenvalue weighted by Crippen LogP contribution is 2.27. The van der Waals surface area contributed by atoms with E-state index in [1.165, 1.54) is 0 Å². The summed E-state index contributed by atoms with van der Waals surface area (Å²) in [4.78, 5) is 0. The molecule has 0 radical (unpaired) electrons. The zero-order chi connectivity index (χ0) is 11.7. The molecule has 0 fully saturated rings.